The van der Waals surface area contributed by atoms with Gasteiger partial charge in [0.15, 0.2) is 0 Å². The minimum absolute atomic E-state index is 0.0387. The summed E-state index contributed by atoms with van der Waals surface area (Å²) >= 11 is 0. The number of nitrogens with zero attached hydrogens (tertiary/aromatic N) is 3. The number of hydrogen-bond donors (Lipinski definition) is 0. The number of nitro benzene ring substituents is 1. The lowest BCUT2D eigenvalue weighted by molar-refractivity contribution is -0.384. The van der Waals surface area contributed by atoms with E-state index in [1.54, 1.807) is 31.2 Å². The van der Waals surface area contributed by atoms with E-state index >= 15 is 0 Å². The van der Waals surface area contributed by atoms with E-state index in [0.29, 0.717) is 13.1 Å². The third-order valence-corrected chi connectivity index (χ3v) is 5.81. The zero-order valence-electron chi connectivity index (χ0n) is 17.6. The standard InChI is InChI=1S/C23H28FN3O3/c1-16(2)26(17(3)28)14-20-13-25(12-18-7-9-22(10-8-18)27(29)30)15-23(20)19-5-4-6-21(24)11-19/h4-11,16,20,23H,12-15H2,1-3H3. The second-order valence-electron chi connectivity index (χ2n) is 8.30. The van der Waals surface area contributed by atoms with Crippen molar-refractivity contribution in [1.29, 1.82) is 0 Å². The van der Waals surface area contributed by atoms with Crippen molar-refractivity contribution >= 4 is 11.6 Å². The van der Waals surface area contributed by atoms with Crippen LogP contribution in [0.1, 0.15) is 37.8 Å². The van der Waals surface area contributed by atoms with Gasteiger partial charge in [0.1, 0.15) is 5.82 Å². The minimum Gasteiger partial charge on any atom is -0.340 e. The highest BCUT2D eigenvalue weighted by Crippen LogP contribution is 2.35. The lowest BCUT2D eigenvalue weighted by Gasteiger charge is -2.30. The number of hydrogen-bond acceptors (Lipinski definition) is 4. The lowest BCUT2D eigenvalue weighted by Crippen LogP contribution is -2.40. The Hall–Kier alpha value is -2.80. The Morgan fingerprint density at radius 3 is 2.50 bits per heavy atom. The monoisotopic (exact) mass is 413 g/mol. The molecule has 1 aliphatic heterocycles. The summed E-state index contributed by atoms with van der Waals surface area (Å²) in [5.41, 5.74) is 2.01. The van der Waals surface area contributed by atoms with Gasteiger partial charge in [-0.25, -0.2) is 4.39 Å². The quantitative estimate of drug-likeness (QED) is 0.504. The van der Waals surface area contributed by atoms with Gasteiger partial charge in [-0.3, -0.25) is 19.8 Å². The molecule has 2 unspecified atom stereocenters. The molecule has 1 fully saturated rings. The Morgan fingerprint density at radius 2 is 1.93 bits per heavy atom. The van der Waals surface area contributed by atoms with Crippen molar-refractivity contribution in [3.8, 4) is 0 Å². The third-order valence-electron chi connectivity index (χ3n) is 5.81. The van der Waals surface area contributed by atoms with E-state index in [2.05, 4.69) is 4.90 Å². The molecule has 3 rings (SSSR count). The van der Waals surface area contributed by atoms with Crippen LogP contribution in [0.3, 0.4) is 0 Å². The molecular weight excluding hydrogens is 385 g/mol. The summed E-state index contributed by atoms with van der Waals surface area (Å²) in [5.74, 6) is 0.0691. The molecule has 1 aliphatic rings. The molecule has 0 radical (unpaired) electrons. The minimum atomic E-state index is -0.405. The van der Waals surface area contributed by atoms with Crippen molar-refractivity contribution in [2.75, 3.05) is 19.6 Å². The van der Waals surface area contributed by atoms with Crippen molar-refractivity contribution < 1.29 is 14.1 Å². The summed E-state index contributed by atoms with van der Waals surface area (Å²) < 4.78 is 13.9. The Labute approximate surface area is 176 Å². The predicted molar refractivity (Wildman–Crippen MR) is 114 cm³/mol. The van der Waals surface area contributed by atoms with E-state index in [0.717, 1.165) is 24.2 Å². The normalized spacial score (nSPS) is 19.2. The maximum atomic E-state index is 13.9. The number of halogens is 1. The molecule has 6 nitrogen and oxygen atoms in total. The maximum Gasteiger partial charge on any atom is 0.269 e. The zero-order valence-corrected chi connectivity index (χ0v) is 17.6. The second-order valence-corrected chi connectivity index (χ2v) is 8.30. The van der Waals surface area contributed by atoms with Crippen LogP contribution in [-0.2, 0) is 11.3 Å². The molecule has 0 aliphatic carbocycles. The highest BCUT2D eigenvalue weighted by Gasteiger charge is 2.36. The molecule has 0 bridgehead atoms. The molecule has 30 heavy (non-hydrogen) atoms. The van der Waals surface area contributed by atoms with E-state index in [9.17, 15) is 19.3 Å². The number of non-ortho nitro benzene ring substituents is 1. The third kappa shape index (κ3) is 5.21. The first-order valence-electron chi connectivity index (χ1n) is 10.2. The number of carbonyl (C=O) groups excluding carboxylic acids is 1. The van der Waals surface area contributed by atoms with E-state index < -0.39 is 4.92 Å². The number of benzene rings is 2. The van der Waals surface area contributed by atoms with Gasteiger partial charge >= 0.3 is 0 Å². The van der Waals surface area contributed by atoms with Crippen LogP contribution >= 0.6 is 0 Å². The van der Waals surface area contributed by atoms with E-state index in [1.807, 2.05) is 24.8 Å². The van der Waals surface area contributed by atoms with Crippen molar-refractivity contribution in [2.45, 2.75) is 39.3 Å². The van der Waals surface area contributed by atoms with Crippen LogP contribution < -0.4 is 0 Å². The van der Waals surface area contributed by atoms with Crippen LogP contribution in [0.25, 0.3) is 0 Å². The molecule has 0 spiro atoms. The Bertz CT molecular complexity index is 901. The van der Waals surface area contributed by atoms with Gasteiger partial charge < -0.3 is 4.90 Å². The van der Waals surface area contributed by atoms with Crippen LogP contribution in [0.4, 0.5) is 10.1 Å². The average molecular weight is 413 g/mol. The molecule has 1 heterocycles. The van der Waals surface area contributed by atoms with Gasteiger partial charge in [-0.2, -0.15) is 0 Å². The molecule has 0 saturated carbocycles. The van der Waals surface area contributed by atoms with E-state index in [4.69, 9.17) is 0 Å². The molecule has 2 atom stereocenters. The summed E-state index contributed by atoms with van der Waals surface area (Å²) in [5, 5.41) is 10.9. The number of rotatable bonds is 7. The fraction of sp³-hybridized carbons (Fsp3) is 0.435. The first-order valence-corrected chi connectivity index (χ1v) is 10.2. The fourth-order valence-electron chi connectivity index (χ4n) is 4.33. The van der Waals surface area contributed by atoms with Crippen molar-refractivity contribution in [2.24, 2.45) is 5.92 Å². The zero-order chi connectivity index (χ0) is 21.8. The van der Waals surface area contributed by atoms with Crippen LogP contribution in [0, 0.1) is 21.8 Å². The van der Waals surface area contributed by atoms with Crippen LogP contribution in [0.5, 0.6) is 0 Å². The van der Waals surface area contributed by atoms with Crippen molar-refractivity contribution in [3.05, 3.63) is 75.6 Å². The molecule has 1 amide bonds. The highest BCUT2D eigenvalue weighted by atomic mass is 19.1. The Morgan fingerprint density at radius 1 is 1.23 bits per heavy atom. The average Bonchev–Trinajstić information content (AvgIpc) is 3.08. The summed E-state index contributed by atoms with van der Waals surface area (Å²) in [4.78, 5) is 26.7. The molecular formula is C23H28FN3O3. The summed E-state index contributed by atoms with van der Waals surface area (Å²) in [7, 11) is 0. The highest BCUT2D eigenvalue weighted by molar-refractivity contribution is 5.73. The summed E-state index contributed by atoms with van der Waals surface area (Å²) in [6, 6.07) is 13.4. The van der Waals surface area contributed by atoms with E-state index in [-0.39, 0.29) is 35.3 Å². The molecule has 2 aromatic carbocycles. The van der Waals surface area contributed by atoms with Crippen LogP contribution in [0.15, 0.2) is 48.5 Å². The first kappa shape index (κ1) is 21.9. The molecule has 0 aromatic heterocycles. The van der Waals surface area contributed by atoms with Crippen LogP contribution in [0.2, 0.25) is 0 Å². The van der Waals surface area contributed by atoms with Gasteiger partial charge in [-0.05, 0) is 43.0 Å². The lowest BCUT2D eigenvalue weighted by atomic mass is 9.88. The van der Waals surface area contributed by atoms with Gasteiger partial charge in [0.25, 0.3) is 5.69 Å². The molecule has 0 N–H and O–H groups in total. The van der Waals surface area contributed by atoms with Gasteiger partial charge in [0.05, 0.1) is 4.92 Å². The van der Waals surface area contributed by atoms with Gasteiger partial charge in [0.2, 0.25) is 5.91 Å². The second kappa shape index (κ2) is 9.34. The van der Waals surface area contributed by atoms with Gasteiger partial charge in [-0.15, -0.1) is 0 Å². The molecule has 7 heteroatoms. The topological polar surface area (TPSA) is 66.7 Å². The molecule has 160 valence electrons. The van der Waals surface area contributed by atoms with Gasteiger partial charge in [0, 0.05) is 57.2 Å². The molecule has 2 aromatic rings. The largest absolute Gasteiger partial charge is 0.340 e. The number of amides is 1. The smallest absolute Gasteiger partial charge is 0.269 e. The first-order chi connectivity index (χ1) is 14.2. The van der Waals surface area contributed by atoms with E-state index in [1.165, 1.54) is 18.2 Å². The summed E-state index contributed by atoms with van der Waals surface area (Å²) in [6.07, 6.45) is 0. The van der Waals surface area contributed by atoms with Crippen LogP contribution in [-0.4, -0.2) is 46.3 Å². The number of carbonyl (C=O) groups is 1. The number of likely N-dealkylation sites (tertiary alicyclic amines) is 1. The Kier molecular flexibility index (Phi) is 6.82. The maximum absolute atomic E-state index is 13.9. The molecule has 1 saturated heterocycles. The summed E-state index contributed by atoms with van der Waals surface area (Å²) in [6.45, 7) is 8.38. The predicted octanol–water partition coefficient (Wildman–Crippen LogP) is 4.21. The van der Waals surface area contributed by atoms with Gasteiger partial charge in [-0.1, -0.05) is 24.3 Å². The van der Waals surface area contributed by atoms with Crippen molar-refractivity contribution in [1.82, 2.24) is 9.80 Å². The number of nitro groups is 1. The Balaban J connectivity index is 1.80. The SMILES string of the molecule is CC(=O)N(CC1CN(Cc2ccc([N+](=O)[O-])cc2)CC1c1cccc(F)c1)C(C)C. The fourth-order valence-corrected chi connectivity index (χ4v) is 4.33. The van der Waals surface area contributed by atoms with Crippen molar-refractivity contribution in [3.63, 3.8) is 0 Å².